The van der Waals surface area contributed by atoms with Crippen molar-refractivity contribution in [2.24, 2.45) is 0 Å². The largest absolute Gasteiger partial charge is 0.513 e. The molecule has 0 aliphatic carbocycles. The number of nitrogens with zero attached hydrogens (tertiary/aromatic N) is 2. The number of carbonyl (C=O) groups excluding carboxylic acids is 3. The molecule has 2 amide bonds. The van der Waals surface area contributed by atoms with Gasteiger partial charge in [-0.3, -0.25) is 9.59 Å². The molecule has 8 nitrogen and oxygen atoms in total. The highest BCUT2D eigenvalue weighted by Gasteiger charge is 2.24. The van der Waals surface area contributed by atoms with Gasteiger partial charge in [0.2, 0.25) is 5.91 Å². The number of amides is 2. The van der Waals surface area contributed by atoms with E-state index in [1.807, 2.05) is 0 Å². The van der Waals surface area contributed by atoms with E-state index in [2.05, 4.69) is 4.74 Å². The van der Waals surface area contributed by atoms with Gasteiger partial charge >= 0.3 is 6.16 Å². The summed E-state index contributed by atoms with van der Waals surface area (Å²) in [6.07, 6.45) is -0.779. The summed E-state index contributed by atoms with van der Waals surface area (Å²) in [6, 6.07) is 6.28. The van der Waals surface area contributed by atoms with Gasteiger partial charge in [-0.15, -0.1) is 0 Å². The number of methoxy groups -OCH3 is 1. The van der Waals surface area contributed by atoms with Crippen LogP contribution in [0.4, 0.5) is 4.79 Å². The second-order valence-electron chi connectivity index (χ2n) is 5.42. The van der Waals surface area contributed by atoms with Gasteiger partial charge in [0.15, 0.2) is 0 Å². The van der Waals surface area contributed by atoms with Gasteiger partial charge in [-0.25, -0.2) is 4.79 Å². The lowest BCUT2D eigenvalue weighted by atomic mass is 10.1. The lowest BCUT2D eigenvalue weighted by Crippen LogP contribution is -2.51. The van der Waals surface area contributed by atoms with Gasteiger partial charge in [0.1, 0.15) is 12.4 Å². The molecule has 1 aromatic carbocycles. The summed E-state index contributed by atoms with van der Waals surface area (Å²) >= 11 is 0. The number of piperazine rings is 1. The summed E-state index contributed by atoms with van der Waals surface area (Å²) < 4.78 is 14.5. The topological polar surface area (TPSA) is 85.4 Å². The first-order valence-electron chi connectivity index (χ1n) is 8.05. The third kappa shape index (κ3) is 5.18. The molecule has 0 saturated carbocycles. The van der Waals surface area contributed by atoms with Gasteiger partial charge in [-0.2, -0.15) is 0 Å². The van der Waals surface area contributed by atoms with Crippen LogP contribution in [0, 0.1) is 0 Å². The quantitative estimate of drug-likeness (QED) is 0.585. The average molecular weight is 350 g/mol. The summed E-state index contributed by atoms with van der Waals surface area (Å²) in [6.45, 7) is 3.87. The van der Waals surface area contributed by atoms with Crippen molar-refractivity contribution in [1.29, 1.82) is 0 Å². The Bertz CT molecular complexity index is 608. The number of hydrogen-bond acceptors (Lipinski definition) is 6. The van der Waals surface area contributed by atoms with Crippen LogP contribution in [0.15, 0.2) is 24.3 Å². The second kappa shape index (κ2) is 9.03. The number of carbonyl (C=O) groups is 3. The predicted octanol–water partition coefficient (Wildman–Crippen LogP) is 1.15. The smallest absolute Gasteiger partial charge is 0.434 e. The zero-order valence-corrected chi connectivity index (χ0v) is 14.4. The van der Waals surface area contributed by atoms with Crippen molar-refractivity contribution in [3.63, 3.8) is 0 Å². The van der Waals surface area contributed by atoms with Crippen molar-refractivity contribution in [1.82, 2.24) is 9.80 Å². The van der Waals surface area contributed by atoms with Crippen LogP contribution in [0.3, 0.4) is 0 Å². The molecule has 0 unspecified atom stereocenters. The Morgan fingerprint density at radius 3 is 2.16 bits per heavy atom. The first kappa shape index (κ1) is 18.7. The van der Waals surface area contributed by atoms with Crippen LogP contribution in [0.5, 0.6) is 5.75 Å². The first-order valence-corrected chi connectivity index (χ1v) is 8.05. The standard InChI is InChI=1S/C17H22N2O6/c1-3-24-17(22)25-14-6-4-13(5-7-14)16(21)19-10-8-18(9-11-19)15(20)12-23-2/h4-7H,3,8-12H2,1-2H3. The lowest BCUT2D eigenvalue weighted by Gasteiger charge is -2.34. The van der Waals surface area contributed by atoms with Crippen molar-refractivity contribution < 1.29 is 28.6 Å². The van der Waals surface area contributed by atoms with E-state index in [0.717, 1.165) is 0 Å². The zero-order valence-electron chi connectivity index (χ0n) is 14.4. The minimum Gasteiger partial charge on any atom is -0.434 e. The molecule has 1 fully saturated rings. The second-order valence-corrected chi connectivity index (χ2v) is 5.42. The summed E-state index contributed by atoms with van der Waals surface area (Å²) in [7, 11) is 1.48. The van der Waals surface area contributed by atoms with Gasteiger partial charge < -0.3 is 24.0 Å². The zero-order chi connectivity index (χ0) is 18.2. The molecule has 1 aliphatic heterocycles. The molecule has 0 aromatic heterocycles. The fourth-order valence-electron chi connectivity index (χ4n) is 2.47. The summed E-state index contributed by atoms with van der Waals surface area (Å²) in [5.41, 5.74) is 0.493. The van der Waals surface area contributed by atoms with Crippen LogP contribution in [0.2, 0.25) is 0 Å². The van der Waals surface area contributed by atoms with Gasteiger partial charge in [-0.05, 0) is 31.2 Å². The van der Waals surface area contributed by atoms with Crippen molar-refractivity contribution in [2.45, 2.75) is 6.92 Å². The molecule has 1 aromatic rings. The SMILES string of the molecule is CCOC(=O)Oc1ccc(C(=O)N2CCN(C(=O)COC)CC2)cc1. The Labute approximate surface area is 146 Å². The molecule has 8 heteroatoms. The molecular weight excluding hydrogens is 328 g/mol. The molecule has 25 heavy (non-hydrogen) atoms. The maximum atomic E-state index is 12.5. The molecule has 136 valence electrons. The number of rotatable bonds is 5. The number of ether oxygens (including phenoxy) is 3. The lowest BCUT2D eigenvalue weighted by molar-refractivity contribution is -0.136. The normalized spacial score (nSPS) is 14.2. The maximum Gasteiger partial charge on any atom is 0.513 e. The first-order chi connectivity index (χ1) is 12.0. The molecule has 1 saturated heterocycles. The Morgan fingerprint density at radius 1 is 1.00 bits per heavy atom. The van der Waals surface area contributed by atoms with Gasteiger partial charge in [-0.1, -0.05) is 0 Å². The molecule has 0 spiro atoms. The fraction of sp³-hybridized carbons (Fsp3) is 0.471. The molecule has 0 N–H and O–H groups in total. The highest BCUT2D eigenvalue weighted by atomic mass is 16.7. The molecule has 1 heterocycles. The van der Waals surface area contributed by atoms with E-state index in [1.54, 1.807) is 41.0 Å². The van der Waals surface area contributed by atoms with E-state index in [4.69, 9.17) is 9.47 Å². The number of benzene rings is 1. The molecule has 0 radical (unpaired) electrons. The minimum absolute atomic E-state index is 0.0515. The van der Waals surface area contributed by atoms with E-state index in [1.165, 1.54) is 7.11 Å². The van der Waals surface area contributed by atoms with Crippen LogP contribution in [-0.4, -0.2) is 74.3 Å². The van der Waals surface area contributed by atoms with E-state index in [0.29, 0.717) is 37.5 Å². The van der Waals surface area contributed by atoms with Crippen molar-refractivity contribution in [3.05, 3.63) is 29.8 Å². The van der Waals surface area contributed by atoms with Crippen LogP contribution in [-0.2, 0) is 14.3 Å². The highest BCUT2D eigenvalue weighted by molar-refractivity contribution is 5.94. The van der Waals surface area contributed by atoms with E-state index in [9.17, 15) is 14.4 Å². The molecular formula is C17H22N2O6. The van der Waals surface area contributed by atoms with E-state index in [-0.39, 0.29) is 25.0 Å². The van der Waals surface area contributed by atoms with Crippen LogP contribution >= 0.6 is 0 Å². The fourth-order valence-corrected chi connectivity index (χ4v) is 2.47. The monoisotopic (exact) mass is 350 g/mol. The molecule has 0 atom stereocenters. The number of hydrogen-bond donors (Lipinski definition) is 0. The average Bonchev–Trinajstić information content (AvgIpc) is 2.62. The third-order valence-corrected chi connectivity index (χ3v) is 3.75. The summed E-state index contributed by atoms with van der Waals surface area (Å²) in [4.78, 5) is 38.9. The summed E-state index contributed by atoms with van der Waals surface area (Å²) in [5, 5.41) is 0. The van der Waals surface area contributed by atoms with Crippen molar-refractivity contribution in [2.75, 3.05) is 46.5 Å². The Hall–Kier alpha value is -2.61. The minimum atomic E-state index is -0.779. The van der Waals surface area contributed by atoms with E-state index < -0.39 is 6.16 Å². The van der Waals surface area contributed by atoms with Crippen LogP contribution < -0.4 is 4.74 Å². The predicted molar refractivity (Wildman–Crippen MR) is 88.5 cm³/mol. The summed E-state index contributed by atoms with van der Waals surface area (Å²) in [5.74, 6) is 0.113. The van der Waals surface area contributed by atoms with Crippen molar-refractivity contribution >= 4 is 18.0 Å². The Balaban J connectivity index is 1.89. The van der Waals surface area contributed by atoms with Crippen LogP contribution in [0.25, 0.3) is 0 Å². The molecule has 1 aliphatic rings. The van der Waals surface area contributed by atoms with Gasteiger partial charge in [0, 0.05) is 38.9 Å². The van der Waals surface area contributed by atoms with Crippen molar-refractivity contribution in [3.8, 4) is 5.75 Å². The maximum absolute atomic E-state index is 12.5. The molecule has 2 rings (SSSR count). The highest BCUT2D eigenvalue weighted by Crippen LogP contribution is 2.15. The Kier molecular flexibility index (Phi) is 6.76. The Morgan fingerprint density at radius 2 is 1.60 bits per heavy atom. The van der Waals surface area contributed by atoms with Gasteiger partial charge in [0.25, 0.3) is 5.91 Å². The third-order valence-electron chi connectivity index (χ3n) is 3.75. The van der Waals surface area contributed by atoms with Crippen LogP contribution in [0.1, 0.15) is 17.3 Å². The molecule has 0 bridgehead atoms. The van der Waals surface area contributed by atoms with E-state index >= 15 is 0 Å². The van der Waals surface area contributed by atoms with Gasteiger partial charge in [0.05, 0.1) is 6.61 Å².